The SMILES string of the molecule is C=C1CC(c2ccc3c(c2)OCCO3)CCC1=O. The molecule has 2 aliphatic rings. The molecule has 1 aromatic carbocycles. The normalized spacial score (nSPS) is 23.0. The van der Waals surface area contributed by atoms with Gasteiger partial charge >= 0.3 is 0 Å². The zero-order valence-electron chi connectivity index (χ0n) is 10.3. The van der Waals surface area contributed by atoms with Gasteiger partial charge in [0.05, 0.1) is 0 Å². The number of fused-ring (bicyclic) bond motifs is 1. The van der Waals surface area contributed by atoms with E-state index >= 15 is 0 Å². The van der Waals surface area contributed by atoms with Gasteiger partial charge in [-0.15, -0.1) is 0 Å². The Balaban J connectivity index is 1.84. The molecule has 3 nitrogen and oxygen atoms in total. The zero-order valence-corrected chi connectivity index (χ0v) is 10.3. The van der Waals surface area contributed by atoms with Crippen molar-refractivity contribution in [3.05, 3.63) is 35.9 Å². The predicted octanol–water partition coefficient (Wildman–Crippen LogP) is 2.85. The highest BCUT2D eigenvalue weighted by atomic mass is 16.6. The highest BCUT2D eigenvalue weighted by Crippen LogP contribution is 2.38. The van der Waals surface area contributed by atoms with Crippen LogP contribution in [0.4, 0.5) is 0 Å². The number of hydrogen-bond acceptors (Lipinski definition) is 3. The summed E-state index contributed by atoms with van der Waals surface area (Å²) in [6.45, 7) is 5.07. The molecule has 1 heterocycles. The second-order valence-electron chi connectivity index (χ2n) is 4.87. The molecule has 1 aromatic rings. The van der Waals surface area contributed by atoms with Crippen LogP contribution in [0.3, 0.4) is 0 Å². The molecule has 0 bridgehead atoms. The van der Waals surface area contributed by atoms with Gasteiger partial charge in [0.1, 0.15) is 13.2 Å². The summed E-state index contributed by atoms with van der Waals surface area (Å²) in [4.78, 5) is 11.5. The molecular weight excluding hydrogens is 228 g/mol. The summed E-state index contributed by atoms with van der Waals surface area (Å²) >= 11 is 0. The topological polar surface area (TPSA) is 35.5 Å². The molecule has 18 heavy (non-hydrogen) atoms. The van der Waals surface area contributed by atoms with Crippen molar-refractivity contribution in [2.24, 2.45) is 0 Å². The average molecular weight is 244 g/mol. The van der Waals surface area contributed by atoms with Crippen LogP contribution in [-0.2, 0) is 4.79 Å². The number of carbonyl (C=O) groups excluding carboxylic acids is 1. The minimum Gasteiger partial charge on any atom is -0.486 e. The van der Waals surface area contributed by atoms with Crippen molar-refractivity contribution >= 4 is 5.78 Å². The monoisotopic (exact) mass is 244 g/mol. The van der Waals surface area contributed by atoms with Gasteiger partial charge in [0.25, 0.3) is 0 Å². The third-order valence-electron chi connectivity index (χ3n) is 3.64. The van der Waals surface area contributed by atoms with Crippen molar-refractivity contribution in [1.29, 1.82) is 0 Å². The van der Waals surface area contributed by atoms with Gasteiger partial charge in [-0.1, -0.05) is 12.6 Å². The van der Waals surface area contributed by atoms with Crippen LogP contribution in [0, 0.1) is 0 Å². The van der Waals surface area contributed by atoms with E-state index in [1.165, 1.54) is 5.56 Å². The number of Topliss-reactive ketones (excluding diaryl/α,β-unsaturated/α-hetero) is 1. The minimum absolute atomic E-state index is 0.212. The van der Waals surface area contributed by atoms with Crippen LogP contribution >= 0.6 is 0 Å². The quantitative estimate of drug-likeness (QED) is 0.713. The van der Waals surface area contributed by atoms with E-state index in [2.05, 4.69) is 12.6 Å². The highest BCUT2D eigenvalue weighted by Gasteiger charge is 2.24. The van der Waals surface area contributed by atoms with Gasteiger partial charge in [-0.05, 0) is 42.0 Å². The first-order valence-electron chi connectivity index (χ1n) is 6.34. The molecule has 1 atom stereocenters. The maximum absolute atomic E-state index is 11.5. The molecule has 0 aromatic heterocycles. The molecule has 1 fully saturated rings. The Morgan fingerprint density at radius 3 is 2.72 bits per heavy atom. The summed E-state index contributed by atoms with van der Waals surface area (Å²) in [5, 5.41) is 0. The fraction of sp³-hybridized carbons (Fsp3) is 0.400. The van der Waals surface area contributed by atoms with Crippen LogP contribution in [0.15, 0.2) is 30.4 Å². The van der Waals surface area contributed by atoms with E-state index in [1.54, 1.807) is 0 Å². The van der Waals surface area contributed by atoms with E-state index in [0.29, 0.717) is 25.6 Å². The second-order valence-corrected chi connectivity index (χ2v) is 4.87. The maximum atomic E-state index is 11.5. The van der Waals surface area contributed by atoms with Gasteiger partial charge in [0, 0.05) is 6.42 Å². The molecule has 1 unspecified atom stereocenters. The molecule has 3 rings (SSSR count). The third-order valence-corrected chi connectivity index (χ3v) is 3.64. The number of benzene rings is 1. The van der Waals surface area contributed by atoms with Crippen LogP contribution in [0.25, 0.3) is 0 Å². The average Bonchev–Trinajstić information content (AvgIpc) is 2.41. The van der Waals surface area contributed by atoms with Gasteiger partial charge in [0.15, 0.2) is 17.3 Å². The van der Waals surface area contributed by atoms with Crippen LogP contribution in [0.1, 0.15) is 30.7 Å². The fourth-order valence-corrected chi connectivity index (χ4v) is 2.59. The minimum atomic E-state index is 0.212. The lowest BCUT2D eigenvalue weighted by Crippen LogP contribution is -2.17. The molecule has 0 saturated heterocycles. The zero-order chi connectivity index (χ0) is 12.5. The van der Waals surface area contributed by atoms with Gasteiger partial charge in [-0.2, -0.15) is 0 Å². The summed E-state index contributed by atoms with van der Waals surface area (Å²) in [6, 6.07) is 6.08. The number of rotatable bonds is 1. The van der Waals surface area contributed by atoms with Gasteiger partial charge in [-0.3, -0.25) is 4.79 Å². The van der Waals surface area contributed by atoms with E-state index in [-0.39, 0.29) is 5.78 Å². The lowest BCUT2D eigenvalue weighted by atomic mass is 9.81. The molecule has 1 aliphatic carbocycles. The van der Waals surface area contributed by atoms with E-state index in [4.69, 9.17) is 9.47 Å². The van der Waals surface area contributed by atoms with Gasteiger partial charge in [0.2, 0.25) is 0 Å². The molecule has 3 heteroatoms. The summed E-state index contributed by atoms with van der Waals surface area (Å²) in [6.07, 6.45) is 2.27. The molecular formula is C15H16O3. The van der Waals surface area contributed by atoms with Crippen molar-refractivity contribution < 1.29 is 14.3 Å². The van der Waals surface area contributed by atoms with Crippen molar-refractivity contribution in [2.45, 2.75) is 25.2 Å². The predicted molar refractivity (Wildman–Crippen MR) is 68.2 cm³/mol. The highest BCUT2D eigenvalue weighted by molar-refractivity contribution is 5.95. The van der Waals surface area contributed by atoms with Crippen molar-refractivity contribution in [1.82, 2.24) is 0 Å². The molecule has 0 spiro atoms. The lowest BCUT2D eigenvalue weighted by molar-refractivity contribution is -0.116. The number of carbonyl (C=O) groups is 1. The Morgan fingerprint density at radius 2 is 1.94 bits per heavy atom. The van der Waals surface area contributed by atoms with Crippen LogP contribution in [-0.4, -0.2) is 19.0 Å². The maximum Gasteiger partial charge on any atom is 0.161 e. The molecule has 1 aliphatic heterocycles. The summed E-state index contributed by atoms with van der Waals surface area (Å²) in [5.74, 6) is 2.23. The molecule has 0 radical (unpaired) electrons. The first-order chi connectivity index (χ1) is 8.74. The van der Waals surface area contributed by atoms with E-state index in [9.17, 15) is 4.79 Å². The van der Waals surface area contributed by atoms with Gasteiger partial charge in [-0.25, -0.2) is 0 Å². The van der Waals surface area contributed by atoms with Crippen molar-refractivity contribution in [3.63, 3.8) is 0 Å². The lowest BCUT2D eigenvalue weighted by Gasteiger charge is -2.25. The number of ketones is 1. The Labute approximate surface area is 106 Å². The first-order valence-corrected chi connectivity index (χ1v) is 6.34. The van der Waals surface area contributed by atoms with Crippen LogP contribution < -0.4 is 9.47 Å². The van der Waals surface area contributed by atoms with Crippen LogP contribution in [0.2, 0.25) is 0 Å². The summed E-state index contributed by atoms with van der Waals surface area (Å²) < 4.78 is 11.1. The molecule has 0 N–H and O–H groups in total. The Bertz CT molecular complexity index is 504. The smallest absolute Gasteiger partial charge is 0.161 e. The number of hydrogen-bond donors (Lipinski definition) is 0. The second kappa shape index (κ2) is 4.48. The van der Waals surface area contributed by atoms with Crippen molar-refractivity contribution in [2.75, 3.05) is 13.2 Å². The Kier molecular flexibility index (Phi) is 2.82. The molecule has 0 amide bonds. The van der Waals surface area contributed by atoms with Crippen LogP contribution in [0.5, 0.6) is 11.5 Å². The first kappa shape index (κ1) is 11.3. The van der Waals surface area contributed by atoms with E-state index in [1.807, 2.05) is 12.1 Å². The van der Waals surface area contributed by atoms with Gasteiger partial charge < -0.3 is 9.47 Å². The van der Waals surface area contributed by atoms with E-state index in [0.717, 1.165) is 29.9 Å². The largest absolute Gasteiger partial charge is 0.486 e. The summed E-state index contributed by atoms with van der Waals surface area (Å²) in [7, 11) is 0. The van der Waals surface area contributed by atoms with E-state index < -0.39 is 0 Å². The third kappa shape index (κ3) is 2.01. The standard InChI is InChI=1S/C15H16O3/c1-10-8-11(2-4-13(10)16)12-3-5-14-15(9-12)18-7-6-17-14/h3,5,9,11H,1-2,4,6-8H2. The number of ether oxygens (including phenoxy) is 2. The molecule has 1 saturated carbocycles. The number of allylic oxidation sites excluding steroid dienone is 1. The summed E-state index contributed by atoms with van der Waals surface area (Å²) in [5.41, 5.74) is 1.97. The Morgan fingerprint density at radius 1 is 1.17 bits per heavy atom. The fourth-order valence-electron chi connectivity index (χ4n) is 2.59. The van der Waals surface area contributed by atoms with Crippen molar-refractivity contribution in [3.8, 4) is 11.5 Å². The Hall–Kier alpha value is -1.77. The molecule has 94 valence electrons.